The molecule has 1 fully saturated rings. The maximum atomic E-state index is 13.4. The second kappa shape index (κ2) is 6.38. The van der Waals surface area contributed by atoms with Gasteiger partial charge >= 0.3 is 5.97 Å². The van der Waals surface area contributed by atoms with E-state index >= 15 is 0 Å². The Kier molecular flexibility index (Phi) is 4.81. The van der Waals surface area contributed by atoms with Crippen LogP contribution in [0, 0.1) is 17.7 Å². The second-order valence-electron chi connectivity index (χ2n) is 5.26. The van der Waals surface area contributed by atoms with Crippen molar-refractivity contribution >= 4 is 17.6 Å². The maximum Gasteiger partial charge on any atom is 0.306 e. The number of carboxylic acid groups (broad SMARTS) is 1. The summed E-state index contributed by atoms with van der Waals surface area (Å²) in [5, 5.41) is 9.46. The average molecular weight is 285 g/mol. The van der Waals surface area contributed by atoms with E-state index in [-0.39, 0.29) is 16.9 Å². The van der Waals surface area contributed by atoms with Crippen LogP contribution in [0.1, 0.15) is 37.7 Å². The van der Waals surface area contributed by atoms with Crippen LogP contribution in [0.2, 0.25) is 5.02 Å². The number of hydrogen-bond acceptors (Lipinski definition) is 1. The lowest BCUT2D eigenvalue weighted by Gasteiger charge is -2.22. The minimum absolute atomic E-state index is 0.0549. The molecule has 0 heterocycles. The van der Waals surface area contributed by atoms with Crippen LogP contribution in [0.4, 0.5) is 4.39 Å². The Balaban J connectivity index is 2.18. The van der Waals surface area contributed by atoms with Gasteiger partial charge < -0.3 is 5.11 Å². The molecule has 2 atom stereocenters. The first kappa shape index (κ1) is 14.3. The van der Waals surface area contributed by atoms with Gasteiger partial charge in [0.2, 0.25) is 0 Å². The lowest BCUT2D eigenvalue weighted by molar-refractivity contribution is -0.143. The normalized spacial score (nSPS) is 23.9. The van der Waals surface area contributed by atoms with Crippen molar-refractivity contribution in [3.05, 3.63) is 34.6 Å². The zero-order valence-corrected chi connectivity index (χ0v) is 11.5. The molecule has 1 saturated carbocycles. The first-order valence-corrected chi connectivity index (χ1v) is 7.13. The van der Waals surface area contributed by atoms with Crippen LogP contribution in [0.15, 0.2) is 18.2 Å². The minimum atomic E-state index is -0.737. The average Bonchev–Trinajstić information content (AvgIpc) is 2.60. The van der Waals surface area contributed by atoms with Crippen molar-refractivity contribution in [3.63, 3.8) is 0 Å². The Hall–Kier alpha value is -1.09. The zero-order valence-electron chi connectivity index (χ0n) is 10.7. The highest BCUT2D eigenvalue weighted by Gasteiger charge is 2.30. The summed E-state index contributed by atoms with van der Waals surface area (Å²) in [5.41, 5.74) is 0.722. The van der Waals surface area contributed by atoms with Crippen LogP contribution >= 0.6 is 11.6 Å². The third kappa shape index (κ3) is 3.47. The summed E-state index contributed by atoms with van der Waals surface area (Å²) in [6, 6.07) is 4.74. The Labute approximate surface area is 117 Å². The van der Waals surface area contributed by atoms with E-state index in [9.17, 15) is 14.3 Å². The van der Waals surface area contributed by atoms with Gasteiger partial charge in [-0.2, -0.15) is 0 Å². The van der Waals surface area contributed by atoms with Gasteiger partial charge in [0.05, 0.1) is 10.9 Å². The maximum absolute atomic E-state index is 13.4. The molecule has 1 N–H and O–H groups in total. The van der Waals surface area contributed by atoms with E-state index in [0.29, 0.717) is 12.8 Å². The van der Waals surface area contributed by atoms with Gasteiger partial charge in [-0.05, 0) is 36.8 Å². The fraction of sp³-hybridized carbons (Fsp3) is 0.533. The SMILES string of the molecule is O=C(O)C1CCCCCC1Cc1cccc(F)c1Cl. The van der Waals surface area contributed by atoms with E-state index < -0.39 is 11.8 Å². The summed E-state index contributed by atoms with van der Waals surface area (Å²) in [4.78, 5) is 11.4. The van der Waals surface area contributed by atoms with Gasteiger partial charge in [0, 0.05) is 0 Å². The molecule has 0 radical (unpaired) electrons. The molecule has 19 heavy (non-hydrogen) atoms. The van der Waals surface area contributed by atoms with Crippen molar-refractivity contribution in [2.45, 2.75) is 38.5 Å². The van der Waals surface area contributed by atoms with Crippen LogP contribution in [0.3, 0.4) is 0 Å². The van der Waals surface area contributed by atoms with Crippen LogP contribution in [-0.2, 0) is 11.2 Å². The molecule has 1 aromatic carbocycles. The largest absolute Gasteiger partial charge is 0.481 e. The predicted molar refractivity (Wildman–Crippen MR) is 72.8 cm³/mol. The van der Waals surface area contributed by atoms with Crippen LogP contribution in [0.5, 0.6) is 0 Å². The zero-order chi connectivity index (χ0) is 13.8. The number of halogens is 2. The molecule has 0 amide bonds. The highest BCUT2D eigenvalue weighted by molar-refractivity contribution is 6.31. The second-order valence-corrected chi connectivity index (χ2v) is 5.64. The smallest absolute Gasteiger partial charge is 0.306 e. The summed E-state index contributed by atoms with van der Waals surface area (Å²) < 4.78 is 13.4. The Morgan fingerprint density at radius 2 is 2.05 bits per heavy atom. The molecule has 1 aliphatic carbocycles. The van der Waals surface area contributed by atoms with Crippen LogP contribution < -0.4 is 0 Å². The van der Waals surface area contributed by atoms with Crippen molar-refractivity contribution in [1.29, 1.82) is 0 Å². The highest BCUT2D eigenvalue weighted by Crippen LogP contribution is 2.33. The van der Waals surface area contributed by atoms with Crippen molar-refractivity contribution < 1.29 is 14.3 Å². The van der Waals surface area contributed by atoms with E-state index in [4.69, 9.17) is 11.6 Å². The number of hydrogen-bond donors (Lipinski definition) is 1. The predicted octanol–water partition coefficient (Wildman–Crippen LogP) is 4.30. The van der Waals surface area contributed by atoms with E-state index in [1.165, 1.54) is 6.07 Å². The number of carbonyl (C=O) groups is 1. The quantitative estimate of drug-likeness (QED) is 0.840. The fourth-order valence-corrected chi connectivity index (χ4v) is 3.15. The molecule has 104 valence electrons. The third-order valence-electron chi connectivity index (χ3n) is 3.99. The fourth-order valence-electron chi connectivity index (χ4n) is 2.94. The van der Waals surface area contributed by atoms with Gasteiger partial charge in [-0.1, -0.05) is 43.0 Å². The van der Waals surface area contributed by atoms with Crippen molar-refractivity contribution in [3.8, 4) is 0 Å². The molecule has 0 aliphatic heterocycles. The Bertz CT molecular complexity index is 461. The van der Waals surface area contributed by atoms with Crippen molar-refractivity contribution in [2.24, 2.45) is 11.8 Å². The molecule has 1 aliphatic rings. The highest BCUT2D eigenvalue weighted by atomic mass is 35.5. The Morgan fingerprint density at radius 1 is 1.32 bits per heavy atom. The molecule has 1 aromatic rings. The summed E-state index contributed by atoms with van der Waals surface area (Å²) in [6.07, 6.45) is 5.23. The molecular weight excluding hydrogens is 267 g/mol. The first-order valence-electron chi connectivity index (χ1n) is 6.75. The van der Waals surface area contributed by atoms with Crippen molar-refractivity contribution in [2.75, 3.05) is 0 Å². The van der Waals surface area contributed by atoms with Gasteiger partial charge in [-0.3, -0.25) is 4.79 Å². The lowest BCUT2D eigenvalue weighted by atomic mass is 9.83. The van der Waals surface area contributed by atoms with Crippen LogP contribution in [-0.4, -0.2) is 11.1 Å². The molecule has 0 spiro atoms. The number of aliphatic carboxylic acids is 1. The molecule has 2 unspecified atom stereocenters. The standard InChI is InChI=1S/C15H18ClFO2/c16-14-11(6-4-8-13(14)17)9-10-5-2-1-3-7-12(10)15(18)19/h4,6,8,10,12H,1-3,5,7,9H2,(H,18,19). The monoisotopic (exact) mass is 284 g/mol. The minimum Gasteiger partial charge on any atom is -0.481 e. The molecular formula is C15H18ClFO2. The third-order valence-corrected chi connectivity index (χ3v) is 4.41. The molecule has 2 nitrogen and oxygen atoms in total. The summed E-state index contributed by atoms with van der Waals surface area (Å²) in [7, 11) is 0. The van der Waals surface area contributed by atoms with E-state index in [0.717, 1.165) is 31.2 Å². The molecule has 0 bridgehead atoms. The molecule has 0 aromatic heterocycles. The van der Waals surface area contributed by atoms with Gasteiger partial charge in [0.15, 0.2) is 0 Å². The Morgan fingerprint density at radius 3 is 2.79 bits per heavy atom. The number of rotatable bonds is 3. The molecule has 2 rings (SSSR count). The topological polar surface area (TPSA) is 37.3 Å². The number of carboxylic acids is 1. The van der Waals surface area contributed by atoms with Gasteiger partial charge in [-0.15, -0.1) is 0 Å². The van der Waals surface area contributed by atoms with Crippen molar-refractivity contribution in [1.82, 2.24) is 0 Å². The van der Waals surface area contributed by atoms with Gasteiger partial charge in [0.25, 0.3) is 0 Å². The summed E-state index contributed by atoms with van der Waals surface area (Å²) in [6.45, 7) is 0. The summed E-state index contributed by atoms with van der Waals surface area (Å²) >= 11 is 5.96. The van der Waals surface area contributed by atoms with Crippen LogP contribution in [0.25, 0.3) is 0 Å². The molecule has 0 saturated heterocycles. The van der Waals surface area contributed by atoms with E-state index in [1.807, 2.05) is 0 Å². The van der Waals surface area contributed by atoms with Gasteiger partial charge in [-0.25, -0.2) is 4.39 Å². The summed E-state index contributed by atoms with van der Waals surface area (Å²) in [5.74, 6) is -1.44. The molecule has 4 heteroatoms. The lowest BCUT2D eigenvalue weighted by Crippen LogP contribution is -2.24. The van der Waals surface area contributed by atoms with E-state index in [2.05, 4.69) is 0 Å². The first-order chi connectivity index (χ1) is 9.09. The number of benzene rings is 1. The van der Waals surface area contributed by atoms with E-state index in [1.54, 1.807) is 12.1 Å². The van der Waals surface area contributed by atoms with Gasteiger partial charge in [0.1, 0.15) is 5.82 Å².